The second-order valence-corrected chi connectivity index (χ2v) is 9.15. The lowest BCUT2D eigenvalue weighted by molar-refractivity contribution is -0.140. The van der Waals surface area contributed by atoms with Crippen LogP contribution in [0.2, 0.25) is 0 Å². The predicted octanol–water partition coefficient (Wildman–Crippen LogP) is -2.92. The Kier molecular flexibility index (Phi) is 20.5. The van der Waals surface area contributed by atoms with E-state index in [0.717, 1.165) is 0 Å². The number of amides is 1. The first-order valence-corrected chi connectivity index (χ1v) is 13.1. The number of aliphatic carboxylic acids is 2. The Bertz CT molecular complexity index is 711. The molecule has 1 amide bonds. The van der Waals surface area contributed by atoms with Gasteiger partial charge in [-0.25, -0.2) is 0 Å². The van der Waals surface area contributed by atoms with Crippen molar-refractivity contribution in [2.75, 3.05) is 111 Å². The van der Waals surface area contributed by atoms with Gasteiger partial charge < -0.3 is 30.3 Å². The van der Waals surface area contributed by atoms with Crippen molar-refractivity contribution in [3.63, 3.8) is 0 Å². The summed E-state index contributed by atoms with van der Waals surface area (Å²) in [5.41, 5.74) is 0. The summed E-state index contributed by atoms with van der Waals surface area (Å²) >= 11 is 3.34. The lowest BCUT2D eigenvalue weighted by Gasteiger charge is -2.36. The fraction of sp³-hybridized carbons (Fsp3) is 0.783. The fourth-order valence-electron chi connectivity index (χ4n) is 4.12. The van der Waals surface area contributed by atoms with Crippen molar-refractivity contribution in [2.24, 2.45) is 0 Å². The second-order valence-electron chi connectivity index (χ2n) is 8.87. The van der Waals surface area contributed by atoms with Crippen LogP contribution >= 0.6 is 12.6 Å². The van der Waals surface area contributed by atoms with E-state index in [1.807, 2.05) is 16.6 Å². The number of nitrogens with one attached hydrogen (secondary N) is 1. The van der Waals surface area contributed by atoms with Crippen molar-refractivity contribution in [1.29, 1.82) is 0 Å². The van der Waals surface area contributed by atoms with Crippen LogP contribution in [0.25, 0.3) is 0 Å². The molecule has 2 saturated heterocycles. The number of carbonyl (C=O) groups excluding carboxylic acids is 3. The van der Waals surface area contributed by atoms with Crippen molar-refractivity contribution in [3.8, 4) is 0 Å². The van der Waals surface area contributed by atoms with E-state index >= 15 is 0 Å². The Labute approximate surface area is 229 Å². The minimum atomic E-state index is -0.931. The van der Waals surface area contributed by atoms with Crippen molar-refractivity contribution in [1.82, 2.24) is 29.8 Å². The Morgan fingerprint density at radius 3 is 1.42 bits per heavy atom. The van der Waals surface area contributed by atoms with Crippen LogP contribution in [-0.2, 0) is 24.0 Å². The number of hydrogen-bond donors (Lipinski definition) is 5. The molecule has 0 unspecified atom stereocenters. The zero-order valence-corrected chi connectivity index (χ0v) is 23.2. The Balaban J connectivity index is 0.00000255. The van der Waals surface area contributed by atoms with Crippen LogP contribution in [0, 0.1) is 0 Å². The molecule has 0 atom stereocenters. The number of nitrogens with zero attached hydrogens (tertiary/aromatic N) is 5. The summed E-state index contributed by atoms with van der Waals surface area (Å²) < 4.78 is 0. The highest BCUT2D eigenvalue weighted by Crippen LogP contribution is 2.04. The number of aliphatic hydroxyl groups excluding tert-OH is 1. The van der Waals surface area contributed by atoms with Gasteiger partial charge in [-0.1, -0.05) is 0 Å². The van der Waals surface area contributed by atoms with E-state index in [2.05, 4.69) is 22.8 Å². The number of ketones is 1. The number of aliphatic hydroxyl groups is 1. The van der Waals surface area contributed by atoms with Gasteiger partial charge >= 0.3 is 11.9 Å². The summed E-state index contributed by atoms with van der Waals surface area (Å²) in [6.07, 6.45) is 0. The molecule has 0 aromatic carbocycles. The van der Waals surface area contributed by atoms with Gasteiger partial charge in [0.25, 0.3) is 0 Å². The van der Waals surface area contributed by atoms with Crippen LogP contribution in [0.5, 0.6) is 0 Å². The molecule has 2 aliphatic heterocycles. The molecule has 0 bridgehead atoms. The summed E-state index contributed by atoms with van der Waals surface area (Å²) in [4.78, 5) is 64.1. The van der Waals surface area contributed by atoms with Gasteiger partial charge in [0.2, 0.25) is 5.91 Å². The van der Waals surface area contributed by atoms with Gasteiger partial charge in [0, 0.05) is 78.5 Å². The standard InChI is InChI=1S/C21H38N6O6.CH4OS.CH2O/c1-18(28)14-25-10-12-27(13-11-25)19(29)15-23-4-2-22-3-5-24(16-20(30)31)7-9-26(8-6-23)17-21(32)33;2-1-3;1-2/h22H,2-17H2,1H3,(H,30,31)(H,32,33);2-3H,1H2;1H2. The van der Waals surface area contributed by atoms with Crippen molar-refractivity contribution in [3.05, 3.63) is 0 Å². The molecule has 0 aromatic rings. The quantitative estimate of drug-likeness (QED) is 0.150. The Morgan fingerprint density at radius 2 is 1.03 bits per heavy atom. The molecular formula is C23H44N6O8S. The van der Waals surface area contributed by atoms with Gasteiger partial charge in [0.1, 0.15) is 12.6 Å². The minimum absolute atomic E-state index is 0.0435. The zero-order chi connectivity index (χ0) is 28.9. The van der Waals surface area contributed by atoms with E-state index in [1.54, 1.807) is 16.7 Å². The molecule has 2 rings (SSSR count). The predicted molar refractivity (Wildman–Crippen MR) is 144 cm³/mol. The van der Waals surface area contributed by atoms with Gasteiger partial charge in [-0.05, 0) is 6.92 Å². The maximum atomic E-state index is 12.9. The molecule has 2 aliphatic rings. The van der Waals surface area contributed by atoms with Crippen LogP contribution in [0.1, 0.15) is 6.92 Å². The van der Waals surface area contributed by atoms with Gasteiger partial charge in [0.05, 0.1) is 32.1 Å². The second kappa shape index (κ2) is 21.8. The average Bonchev–Trinajstić information content (AvgIpc) is 2.85. The normalized spacial score (nSPS) is 19.0. The molecule has 0 spiro atoms. The first-order chi connectivity index (χ1) is 18.1. The Morgan fingerprint density at radius 1 is 0.684 bits per heavy atom. The SMILES string of the molecule is C=O.CC(=O)CN1CCN(C(=O)CN2CCNCCN(CC(=O)O)CCN(CC(=O)O)CC2)CC1.OCS. The number of rotatable bonds is 8. The molecule has 4 N–H and O–H groups in total. The average molecular weight is 565 g/mol. The van der Waals surface area contributed by atoms with E-state index in [1.165, 1.54) is 0 Å². The monoisotopic (exact) mass is 564 g/mol. The highest BCUT2D eigenvalue weighted by molar-refractivity contribution is 7.80. The summed E-state index contributed by atoms with van der Waals surface area (Å²) in [7, 11) is 0. The first kappa shape index (κ1) is 35.9. The summed E-state index contributed by atoms with van der Waals surface area (Å²) in [5, 5.41) is 29.1. The number of Topliss-reactive ketones (excluding diaryl/α,β-unsaturated/α-hetero) is 1. The highest BCUT2D eigenvalue weighted by atomic mass is 32.1. The summed E-state index contributed by atoms with van der Waals surface area (Å²) in [6, 6.07) is 0. The van der Waals surface area contributed by atoms with E-state index in [0.29, 0.717) is 85.1 Å². The molecule has 0 saturated carbocycles. The zero-order valence-electron chi connectivity index (χ0n) is 22.3. The highest BCUT2D eigenvalue weighted by Gasteiger charge is 2.24. The maximum absolute atomic E-state index is 12.9. The van der Waals surface area contributed by atoms with Gasteiger partial charge in [-0.2, -0.15) is 12.6 Å². The first-order valence-electron chi connectivity index (χ1n) is 12.5. The topological polar surface area (TPSA) is 174 Å². The molecule has 2 heterocycles. The van der Waals surface area contributed by atoms with Crippen LogP contribution < -0.4 is 5.32 Å². The van der Waals surface area contributed by atoms with Crippen LogP contribution in [0.15, 0.2) is 0 Å². The Hall–Kier alpha value is -2.14. The maximum Gasteiger partial charge on any atom is 0.317 e. The third kappa shape index (κ3) is 17.4. The third-order valence-corrected chi connectivity index (χ3v) is 5.92. The van der Waals surface area contributed by atoms with Crippen molar-refractivity contribution in [2.45, 2.75) is 6.92 Å². The lowest BCUT2D eigenvalue weighted by Crippen LogP contribution is -2.53. The van der Waals surface area contributed by atoms with Crippen molar-refractivity contribution >= 4 is 43.0 Å². The number of thiol groups is 1. The number of carboxylic acid groups (broad SMARTS) is 2. The van der Waals surface area contributed by atoms with E-state index in [4.69, 9.17) is 15.0 Å². The molecule has 0 radical (unpaired) electrons. The molecule has 2 fully saturated rings. The number of piperazine rings is 1. The summed E-state index contributed by atoms with van der Waals surface area (Å²) in [5.74, 6) is -1.72. The number of carbonyl (C=O) groups is 5. The van der Waals surface area contributed by atoms with E-state index in [9.17, 15) is 24.3 Å². The van der Waals surface area contributed by atoms with Gasteiger partial charge in [0.15, 0.2) is 0 Å². The number of carboxylic acids is 2. The largest absolute Gasteiger partial charge is 0.480 e. The van der Waals surface area contributed by atoms with Gasteiger partial charge in [-0.3, -0.25) is 38.8 Å². The lowest BCUT2D eigenvalue weighted by atomic mass is 10.2. The summed E-state index contributed by atoms with van der Waals surface area (Å²) in [6.45, 7) is 11.0. The minimum Gasteiger partial charge on any atom is -0.480 e. The smallest absolute Gasteiger partial charge is 0.317 e. The molecule has 220 valence electrons. The molecule has 14 nitrogen and oxygen atoms in total. The molecule has 0 aromatic heterocycles. The fourth-order valence-corrected chi connectivity index (χ4v) is 4.12. The molecule has 0 aliphatic carbocycles. The number of hydrogen-bond acceptors (Lipinski definition) is 12. The van der Waals surface area contributed by atoms with Crippen LogP contribution in [0.4, 0.5) is 0 Å². The van der Waals surface area contributed by atoms with E-state index < -0.39 is 11.9 Å². The van der Waals surface area contributed by atoms with Crippen LogP contribution in [-0.4, -0.2) is 181 Å². The van der Waals surface area contributed by atoms with Crippen LogP contribution in [0.3, 0.4) is 0 Å². The molecule has 38 heavy (non-hydrogen) atoms. The van der Waals surface area contributed by atoms with Gasteiger partial charge in [-0.15, -0.1) is 0 Å². The third-order valence-electron chi connectivity index (χ3n) is 5.92. The molecule has 15 heteroatoms. The van der Waals surface area contributed by atoms with E-state index in [-0.39, 0.29) is 37.3 Å². The molecular weight excluding hydrogens is 520 g/mol. The van der Waals surface area contributed by atoms with Crippen molar-refractivity contribution < 1.29 is 39.3 Å².